The highest BCUT2D eigenvalue weighted by Gasteiger charge is 2.34. The van der Waals surface area contributed by atoms with Crippen molar-refractivity contribution in [3.05, 3.63) is 95.6 Å². The van der Waals surface area contributed by atoms with E-state index in [0.717, 1.165) is 16.2 Å². The third-order valence-corrected chi connectivity index (χ3v) is 6.64. The van der Waals surface area contributed by atoms with Gasteiger partial charge >= 0.3 is 0 Å². The van der Waals surface area contributed by atoms with Crippen LogP contribution in [0, 0.1) is 10.1 Å². The van der Waals surface area contributed by atoms with Crippen molar-refractivity contribution >= 4 is 72.7 Å². The zero-order valence-corrected chi connectivity index (χ0v) is 21.1. The van der Waals surface area contributed by atoms with Crippen molar-refractivity contribution in [1.82, 2.24) is 4.90 Å². The number of nitro benzene ring substituents is 1. The smallest absolute Gasteiger partial charge is 0.269 e. The molecule has 1 fully saturated rings. The van der Waals surface area contributed by atoms with Crippen LogP contribution in [0.25, 0.3) is 6.08 Å². The molecule has 2 heterocycles. The lowest BCUT2D eigenvalue weighted by atomic mass is 10.2. The Hall–Kier alpha value is -3.22. The molecule has 0 atom stereocenters. The van der Waals surface area contributed by atoms with Crippen molar-refractivity contribution < 1.29 is 19.2 Å². The van der Waals surface area contributed by atoms with Crippen LogP contribution in [-0.2, 0) is 11.3 Å². The number of halogens is 2. The molecule has 9 nitrogen and oxygen atoms in total. The molecule has 1 aromatic heterocycles. The van der Waals surface area contributed by atoms with Crippen molar-refractivity contribution in [3.8, 4) is 5.75 Å². The van der Waals surface area contributed by atoms with E-state index in [0.29, 0.717) is 31.4 Å². The van der Waals surface area contributed by atoms with E-state index in [1.54, 1.807) is 42.5 Å². The summed E-state index contributed by atoms with van der Waals surface area (Å²) in [5, 5.41) is 29.7. The van der Waals surface area contributed by atoms with E-state index < -0.39 is 4.92 Å². The average Bonchev–Trinajstić information content (AvgIpc) is 3.42. The van der Waals surface area contributed by atoms with E-state index in [-0.39, 0.29) is 23.9 Å². The molecular weight excluding hydrogens is 592 g/mol. The summed E-state index contributed by atoms with van der Waals surface area (Å²) < 4.78 is 6.59. The second-order valence-corrected chi connectivity index (χ2v) is 9.66. The van der Waals surface area contributed by atoms with Crippen LogP contribution in [0.3, 0.4) is 0 Å². The Morgan fingerprint density at radius 2 is 1.97 bits per heavy atom. The summed E-state index contributed by atoms with van der Waals surface area (Å²) in [5.41, 5.74) is 1.04. The van der Waals surface area contributed by atoms with Crippen LogP contribution in [0.4, 0.5) is 5.69 Å². The number of carbonyl (C=O) groups is 1. The number of aromatic hydroxyl groups is 1. The summed E-state index contributed by atoms with van der Waals surface area (Å²) in [6.45, 7) is 0.149. The Kier molecular flexibility index (Phi) is 7.29. The lowest BCUT2D eigenvalue weighted by molar-refractivity contribution is -0.384. The quantitative estimate of drug-likeness (QED) is 0.161. The normalized spacial score (nSPS) is 16.3. The molecule has 1 aliphatic rings. The zero-order valence-electron chi connectivity index (χ0n) is 17.1. The van der Waals surface area contributed by atoms with Crippen LogP contribution in [0.15, 0.2) is 83.3 Å². The van der Waals surface area contributed by atoms with Gasteiger partial charge in [0.15, 0.2) is 5.17 Å². The van der Waals surface area contributed by atoms with Gasteiger partial charge in [-0.2, -0.15) is 5.10 Å². The molecule has 1 aliphatic heterocycles. The van der Waals surface area contributed by atoms with Gasteiger partial charge in [-0.3, -0.25) is 19.8 Å². The molecule has 0 spiro atoms. The van der Waals surface area contributed by atoms with Gasteiger partial charge in [0.25, 0.3) is 11.6 Å². The van der Waals surface area contributed by atoms with Gasteiger partial charge in [0.2, 0.25) is 0 Å². The summed E-state index contributed by atoms with van der Waals surface area (Å²) in [6, 6.07) is 12.7. The zero-order chi connectivity index (χ0) is 24.2. The van der Waals surface area contributed by atoms with E-state index in [9.17, 15) is 20.0 Å². The van der Waals surface area contributed by atoms with Crippen LogP contribution in [0.2, 0.25) is 0 Å². The monoisotopic (exact) mass is 604 g/mol. The first-order chi connectivity index (χ1) is 16.3. The number of nitrogens with zero attached hydrogens (tertiary/aromatic N) is 4. The Bertz CT molecular complexity index is 1340. The van der Waals surface area contributed by atoms with Gasteiger partial charge in [-0.1, -0.05) is 15.9 Å². The number of furan rings is 1. The Morgan fingerprint density at radius 3 is 2.65 bits per heavy atom. The fourth-order valence-corrected chi connectivity index (χ4v) is 5.13. The topological polar surface area (TPSA) is 122 Å². The standard InChI is InChI=1S/C22H14Br2N4O5S/c23-15-8-14(20(29)18(24)10-15)9-19-21(30)27(12-17-2-1-7-33-17)22(34-19)26-25-11-13-3-5-16(6-4-13)28(31)32/h1-11,29H,12H2/b19-9-,25-11+,26-22-. The minimum Gasteiger partial charge on any atom is -0.506 e. The molecule has 2 aromatic carbocycles. The molecule has 0 saturated carbocycles. The maximum Gasteiger partial charge on any atom is 0.269 e. The van der Waals surface area contributed by atoms with Crippen molar-refractivity contribution in [2.45, 2.75) is 6.54 Å². The molecule has 172 valence electrons. The van der Waals surface area contributed by atoms with Crippen LogP contribution in [0.5, 0.6) is 5.75 Å². The number of amides is 1. The summed E-state index contributed by atoms with van der Waals surface area (Å²) in [5.74, 6) is 0.250. The molecule has 3 aromatic rings. The molecule has 34 heavy (non-hydrogen) atoms. The average molecular weight is 606 g/mol. The van der Waals surface area contributed by atoms with Gasteiger partial charge in [-0.15, -0.1) is 5.10 Å². The second-order valence-electron chi connectivity index (χ2n) is 6.88. The number of rotatable bonds is 6. The number of thioether (sulfide) groups is 1. The highest BCUT2D eigenvalue weighted by atomic mass is 79.9. The van der Waals surface area contributed by atoms with Gasteiger partial charge in [0.1, 0.15) is 11.5 Å². The van der Waals surface area contributed by atoms with E-state index in [4.69, 9.17) is 4.42 Å². The number of phenolic OH excluding ortho intramolecular Hbond substituents is 1. The van der Waals surface area contributed by atoms with E-state index in [1.807, 2.05) is 0 Å². The third kappa shape index (κ3) is 5.46. The number of phenols is 1. The lowest BCUT2D eigenvalue weighted by Gasteiger charge is -2.12. The first-order valence-electron chi connectivity index (χ1n) is 9.59. The molecule has 0 radical (unpaired) electrons. The maximum absolute atomic E-state index is 13.2. The molecule has 0 unspecified atom stereocenters. The van der Waals surface area contributed by atoms with E-state index in [2.05, 4.69) is 42.1 Å². The van der Waals surface area contributed by atoms with Crippen LogP contribution in [-0.4, -0.2) is 32.2 Å². The molecular formula is C22H14Br2N4O5S. The first-order valence-corrected chi connectivity index (χ1v) is 12.0. The van der Waals surface area contributed by atoms with Gasteiger partial charge in [0.05, 0.1) is 33.3 Å². The van der Waals surface area contributed by atoms with Gasteiger partial charge in [0, 0.05) is 22.2 Å². The van der Waals surface area contributed by atoms with Crippen molar-refractivity contribution in [3.63, 3.8) is 0 Å². The molecule has 0 bridgehead atoms. The highest BCUT2D eigenvalue weighted by molar-refractivity contribution is 9.11. The van der Waals surface area contributed by atoms with Gasteiger partial charge < -0.3 is 9.52 Å². The molecule has 1 saturated heterocycles. The van der Waals surface area contributed by atoms with Crippen LogP contribution >= 0.6 is 43.6 Å². The number of hydrogen-bond donors (Lipinski definition) is 1. The Morgan fingerprint density at radius 1 is 1.21 bits per heavy atom. The van der Waals surface area contributed by atoms with Crippen molar-refractivity contribution in [1.29, 1.82) is 0 Å². The van der Waals surface area contributed by atoms with Crippen molar-refractivity contribution in [2.75, 3.05) is 0 Å². The second kappa shape index (κ2) is 10.4. The summed E-state index contributed by atoms with van der Waals surface area (Å²) in [4.78, 5) is 25.2. The number of nitro groups is 1. The minimum absolute atomic E-state index is 0.00302. The van der Waals surface area contributed by atoms with Crippen LogP contribution < -0.4 is 0 Å². The lowest BCUT2D eigenvalue weighted by Crippen LogP contribution is -2.28. The fourth-order valence-electron chi connectivity index (χ4n) is 2.94. The molecule has 1 amide bonds. The summed E-state index contributed by atoms with van der Waals surface area (Å²) in [6.07, 6.45) is 4.53. The molecule has 4 rings (SSSR count). The number of hydrogen-bond acceptors (Lipinski definition) is 8. The SMILES string of the molecule is O=C1/C(=C/c2cc(Br)cc(Br)c2O)S/C(=N\N=C\c2ccc([N+](=O)[O-])cc2)N1Cc1ccco1. The largest absolute Gasteiger partial charge is 0.506 e. The minimum atomic E-state index is -0.482. The summed E-state index contributed by atoms with van der Waals surface area (Å²) >= 11 is 7.77. The van der Waals surface area contributed by atoms with Gasteiger partial charge in [-0.25, -0.2) is 0 Å². The van der Waals surface area contributed by atoms with E-state index >= 15 is 0 Å². The van der Waals surface area contributed by atoms with Crippen LogP contribution in [0.1, 0.15) is 16.9 Å². The number of carbonyl (C=O) groups excluding carboxylic acids is 1. The molecule has 12 heteroatoms. The predicted octanol–water partition coefficient (Wildman–Crippen LogP) is 5.93. The van der Waals surface area contributed by atoms with Crippen molar-refractivity contribution in [2.24, 2.45) is 10.2 Å². The van der Waals surface area contributed by atoms with E-state index in [1.165, 1.54) is 29.5 Å². The third-order valence-electron chi connectivity index (χ3n) is 4.58. The number of benzene rings is 2. The molecule has 0 aliphatic carbocycles. The summed E-state index contributed by atoms with van der Waals surface area (Å²) in [7, 11) is 0. The maximum atomic E-state index is 13.2. The highest BCUT2D eigenvalue weighted by Crippen LogP contribution is 2.38. The Labute approximate surface area is 214 Å². The number of amidine groups is 1. The van der Waals surface area contributed by atoms with Gasteiger partial charge in [-0.05, 0) is 75.7 Å². The first kappa shape index (κ1) is 23.9. The predicted molar refractivity (Wildman–Crippen MR) is 136 cm³/mol. The number of non-ortho nitro benzene ring substituents is 1. The Balaban J connectivity index is 1.64. The molecule has 1 N–H and O–H groups in total. The fraction of sp³-hybridized carbons (Fsp3) is 0.0455.